The van der Waals surface area contributed by atoms with Crippen molar-refractivity contribution in [3.63, 3.8) is 0 Å². The standard InChI is InChI=1S/C12H19N3OS2.3CH4/c1-4-15(2,3)10-14-11(16)9-17-18-12-7-5-6-8-13-12;;;/h5-8H,4,9-10H2,1-3H3;3*1H4/p+1. The lowest BCUT2D eigenvalue weighted by Gasteiger charge is -2.27. The van der Waals surface area contributed by atoms with E-state index in [-0.39, 0.29) is 28.2 Å². The van der Waals surface area contributed by atoms with Gasteiger partial charge in [0.1, 0.15) is 5.03 Å². The summed E-state index contributed by atoms with van der Waals surface area (Å²) >= 11 is 0. The first-order chi connectivity index (χ1) is 8.53. The van der Waals surface area contributed by atoms with E-state index in [9.17, 15) is 4.79 Å². The maximum Gasteiger partial charge on any atom is 0.235 e. The molecule has 1 aromatic rings. The van der Waals surface area contributed by atoms with Gasteiger partial charge >= 0.3 is 0 Å². The highest BCUT2D eigenvalue weighted by atomic mass is 33.1. The number of pyridine rings is 1. The molecule has 4 nitrogen and oxygen atoms in total. The SMILES string of the molecule is C.C.C.CC[N+](C)(C)CNC(=O)CSSc1ccccn1. The Kier molecular flexibility index (Phi) is 15.6. The molecule has 0 saturated carbocycles. The summed E-state index contributed by atoms with van der Waals surface area (Å²) in [5, 5.41) is 3.87. The zero-order valence-electron chi connectivity index (χ0n) is 11.0. The van der Waals surface area contributed by atoms with E-state index in [4.69, 9.17) is 0 Å². The van der Waals surface area contributed by atoms with Gasteiger partial charge in [0.05, 0.1) is 26.4 Å². The van der Waals surface area contributed by atoms with Gasteiger partial charge in [-0.1, -0.05) is 39.1 Å². The van der Waals surface area contributed by atoms with Gasteiger partial charge in [0.2, 0.25) is 5.91 Å². The summed E-state index contributed by atoms with van der Waals surface area (Å²) < 4.78 is 0.795. The summed E-state index contributed by atoms with van der Waals surface area (Å²) in [5.41, 5.74) is 0. The van der Waals surface area contributed by atoms with Crippen LogP contribution in [0.25, 0.3) is 0 Å². The van der Waals surface area contributed by atoms with Crippen molar-refractivity contribution < 1.29 is 9.28 Å². The molecule has 0 saturated heterocycles. The van der Waals surface area contributed by atoms with Gasteiger partial charge in [0.25, 0.3) is 0 Å². The van der Waals surface area contributed by atoms with Crippen molar-refractivity contribution in [1.82, 2.24) is 10.3 Å². The Bertz CT molecular complexity index is 372. The van der Waals surface area contributed by atoms with Gasteiger partial charge < -0.3 is 9.80 Å². The number of nitrogens with zero attached hydrogens (tertiary/aromatic N) is 2. The van der Waals surface area contributed by atoms with Gasteiger partial charge in [-0.15, -0.1) is 0 Å². The fraction of sp³-hybridized carbons (Fsp3) is 0.600. The molecule has 1 N–H and O–H groups in total. The largest absolute Gasteiger partial charge is 0.312 e. The molecule has 1 amide bonds. The summed E-state index contributed by atoms with van der Waals surface area (Å²) in [6, 6.07) is 5.76. The number of carbonyl (C=O) groups is 1. The lowest BCUT2D eigenvalue weighted by atomic mass is 10.5. The third kappa shape index (κ3) is 11.6. The summed E-state index contributed by atoms with van der Waals surface area (Å²) in [6.45, 7) is 3.78. The first-order valence-electron chi connectivity index (χ1n) is 5.83. The van der Waals surface area contributed by atoms with Crippen LogP contribution in [0.15, 0.2) is 29.4 Å². The second-order valence-corrected chi connectivity index (χ2v) is 6.84. The molecule has 6 heteroatoms. The normalized spacial score (nSPS) is 9.67. The van der Waals surface area contributed by atoms with Crippen molar-refractivity contribution in [3.05, 3.63) is 24.4 Å². The number of hydrogen-bond acceptors (Lipinski definition) is 4. The Morgan fingerprint density at radius 2 is 1.95 bits per heavy atom. The molecule has 0 aliphatic heterocycles. The van der Waals surface area contributed by atoms with Crippen molar-refractivity contribution in [3.8, 4) is 0 Å². The number of aromatic nitrogens is 1. The van der Waals surface area contributed by atoms with Crippen LogP contribution in [-0.2, 0) is 4.79 Å². The molecular formula is C15H32N3OS2+. The number of quaternary nitrogens is 1. The highest BCUT2D eigenvalue weighted by Gasteiger charge is 2.13. The van der Waals surface area contributed by atoms with E-state index in [1.54, 1.807) is 6.20 Å². The Morgan fingerprint density at radius 1 is 1.29 bits per heavy atom. The minimum atomic E-state index is 0. The number of rotatable bonds is 7. The Balaban J connectivity index is -0.00000108. The third-order valence-corrected chi connectivity index (χ3v) is 4.66. The summed E-state index contributed by atoms with van der Waals surface area (Å²) in [5.74, 6) is 0.522. The number of nitrogens with one attached hydrogen (secondary N) is 1. The molecule has 1 aromatic heterocycles. The second kappa shape index (κ2) is 13.0. The Labute approximate surface area is 139 Å². The molecule has 1 heterocycles. The van der Waals surface area contributed by atoms with E-state index < -0.39 is 0 Å². The molecule has 0 atom stereocenters. The molecule has 0 aliphatic carbocycles. The number of carbonyl (C=O) groups excluding carboxylic acids is 1. The van der Waals surface area contributed by atoms with Crippen molar-refractivity contribution in [2.75, 3.05) is 33.1 Å². The molecule has 21 heavy (non-hydrogen) atoms. The zero-order valence-corrected chi connectivity index (χ0v) is 12.7. The zero-order chi connectivity index (χ0) is 13.4. The number of hydrogen-bond donors (Lipinski definition) is 1. The van der Waals surface area contributed by atoms with Crippen LogP contribution in [0.2, 0.25) is 0 Å². The Morgan fingerprint density at radius 3 is 2.48 bits per heavy atom. The van der Waals surface area contributed by atoms with Crippen molar-refractivity contribution >= 4 is 27.5 Å². The maximum atomic E-state index is 11.6. The van der Waals surface area contributed by atoms with Crippen LogP contribution in [-0.4, -0.2) is 48.4 Å². The summed E-state index contributed by atoms with van der Waals surface area (Å²) in [7, 11) is 7.22. The van der Waals surface area contributed by atoms with Gasteiger partial charge in [0.15, 0.2) is 6.67 Å². The van der Waals surface area contributed by atoms with Gasteiger partial charge in [-0.05, 0) is 29.9 Å². The molecule has 0 aromatic carbocycles. The molecule has 124 valence electrons. The van der Waals surface area contributed by atoms with Crippen LogP contribution < -0.4 is 5.32 Å². The highest BCUT2D eigenvalue weighted by molar-refractivity contribution is 8.76. The van der Waals surface area contributed by atoms with Crippen LogP contribution in [0.4, 0.5) is 0 Å². The van der Waals surface area contributed by atoms with E-state index in [0.29, 0.717) is 12.4 Å². The fourth-order valence-corrected chi connectivity index (χ4v) is 2.79. The van der Waals surface area contributed by atoms with Crippen molar-refractivity contribution in [1.29, 1.82) is 0 Å². The predicted octanol–water partition coefficient (Wildman–Crippen LogP) is 3.90. The first-order valence-corrected chi connectivity index (χ1v) is 8.14. The lowest BCUT2D eigenvalue weighted by Crippen LogP contribution is -2.48. The van der Waals surface area contributed by atoms with Crippen LogP contribution in [0.5, 0.6) is 0 Å². The summed E-state index contributed by atoms with van der Waals surface area (Å²) in [4.78, 5) is 15.8. The van der Waals surface area contributed by atoms with Crippen LogP contribution in [0.3, 0.4) is 0 Å². The average molecular weight is 335 g/mol. The van der Waals surface area contributed by atoms with Gasteiger partial charge in [-0.2, -0.15) is 0 Å². The third-order valence-electron chi connectivity index (χ3n) is 2.53. The molecule has 0 unspecified atom stereocenters. The molecule has 0 aliphatic rings. The van der Waals surface area contributed by atoms with E-state index in [1.165, 1.54) is 21.6 Å². The van der Waals surface area contributed by atoms with Gasteiger partial charge in [-0.3, -0.25) is 4.79 Å². The van der Waals surface area contributed by atoms with Crippen LogP contribution in [0.1, 0.15) is 29.2 Å². The van der Waals surface area contributed by atoms with Crippen molar-refractivity contribution in [2.24, 2.45) is 0 Å². The molecule has 0 radical (unpaired) electrons. The number of amides is 1. The van der Waals surface area contributed by atoms with Crippen LogP contribution >= 0.6 is 21.6 Å². The Hall–Kier alpha value is -0.720. The minimum absolute atomic E-state index is 0. The summed E-state index contributed by atoms with van der Waals surface area (Å²) in [6.07, 6.45) is 1.75. The molecule has 1 rings (SSSR count). The van der Waals surface area contributed by atoms with E-state index in [2.05, 4.69) is 31.3 Å². The molecular weight excluding hydrogens is 302 g/mol. The maximum absolute atomic E-state index is 11.6. The van der Waals surface area contributed by atoms with E-state index in [1.807, 2.05) is 18.2 Å². The lowest BCUT2D eigenvalue weighted by molar-refractivity contribution is -0.890. The van der Waals surface area contributed by atoms with Crippen LogP contribution in [0, 0.1) is 0 Å². The highest BCUT2D eigenvalue weighted by Crippen LogP contribution is 2.28. The van der Waals surface area contributed by atoms with E-state index >= 15 is 0 Å². The monoisotopic (exact) mass is 334 g/mol. The average Bonchev–Trinajstić information content (AvgIpc) is 2.38. The molecule has 0 fully saturated rings. The minimum Gasteiger partial charge on any atom is -0.312 e. The molecule has 0 spiro atoms. The molecule has 0 bridgehead atoms. The van der Waals surface area contributed by atoms with Crippen molar-refractivity contribution in [2.45, 2.75) is 34.2 Å². The quantitative estimate of drug-likeness (QED) is 0.466. The van der Waals surface area contributed by atoms with Gasteiger partial charge in [-0.25, -0.2) is 4.98 Å². The van der Waals surface area contributed by atoms with E-state index in [0.717, 1.165) is 16.1 Å². The van der Waals surface area contributed by atoms with Gasteiger partial charge in [0, 0.05) is 6.20 Å². The fourth-order valence-electron chi connectivity index (χ4n) is 1.00. The first kappa shape index (κ1) is 25.2. The predicted molar refractivity (Wildman–Crippen MR) is 98.4 cm³/mol. The topological polar surface area (TPSA) is 42.0 Å². The second-order valence-electron chi connectivity index (χ2n) is 4.52. The smallest absolute Gasteiger partial charge is 0.235 e.